The van der Waals surface area contributed by atoms with Gasteiger partial charge >= 0.3 is 0 Å². The minimum Gasteiger partial charge on any atom is -0.353 e. The van der Waals surface area contributed by atoms with E-state index in [1.54, 1.807) is 0 Å². The molecular formula is C13H21N3O. The highest BCUT2D eigenvalue weighted by Crippen LogP contribution is 2.14. The lowest BCUT2D eigenvalue weighted by molar-refractivity contribution is -0.124. The van der Waals surface area contributed by atoms with Gasteiger partial charge in [-0.25, -0.2) is 0 Å². The fraction of sp³-hybridized carbons (Fsp3) is 0.615. The van der Waals surface area contributed by atoms with Crippen molar-refractivity contribution in [3.8, 4) is 0 Å². The van der Waals surface area contributed by atoms with E-state index in [-0.39, 0.29) is 11.9 Å². The van der Waals surface area contributed by atoms with Crippen LogP contribution in [0.25, 0.3) is 0 Å². The second-order valence-electron chi connectivity index (χ2n) is 4.85. The molecule has 4 nitrogen and oxygen atoms in total. The third-order valence-corrected chi connectivity index (χ3v) is 3.32. The zero-order valence-electron chi connectivity index (χ0n) is 10.4. The normalized spacial score (nSPS) is 24.5. The summed E-state index contributed by atoms with van der Waals surface area (Å²) in [6, 6.07) is 3.99. The van der Waals surface area contributed by atoms with Gasteiger partial charge in [0.1, 0.15) is 0 Å². The first-order valence-electron chi connectivity index (χ1n) is 6.37. The Bertz CT molecular complexity index is 348. The summed E-state index contributed by atoms with van der Waals surface area (Å²) >= 11 is 0. The van der Waals surface area contributed by atoms with Crippen molar-refractivity contribution in [2.24, 2.45) is 5.92 Å². The molecule has 2 N–H and O–H groups in total. The van der Waals surface area contributed by atoms with Crippen molar-refractivity contribution in [3.05, 3.63) is 24.5 Å². The van der Waals surface area contributed by atoms with Crippen molar-refractivity contribution >= 4 is 5.91 Å². The highest BCUT2D eigenvalue weighted by atomic mass is 16.2. The molecule has 1 aromatic heterocycles. The Hall–Kier alpha value is -1.29. The van der Waals surface area contributed by atoms with E-state index in [0.29, 0.717) is 12.5 Å². The van der Waals surface area contributed by atoms with Crippen LogP contribution in [0, 0.1) is 5.92 Å². The standard InChI is InChI=1S/C13H21N3O/c1-11-4-5-14-12(10-11)13(17)15-6-9-16-7-2-3-8-16/h2-3,7-8,11-12,14H,4-6,9-10H2,1H3,(H,15,17). The molecule has 94 valence electrons. The quantitative estimate of drug-likeness (QED) is 0.817. The van der Waals surface area contributed by atoms with Gasteiger partial charge in [0.2, 0.25) is 5.91 Å². The maximum Gasteiger partial charge on any atom is 0.237 e. The summed E-state index contributed by atoms with van der Waals surface area (Å²) in [5.74, 6) is 0.792. The van der Waals surface area contributed by atoms with Crippen LogP contribution in [0.15, 0.2) is 24.5 Å². The number of rotatable bonds is 4. The number of carbonyl (C=O) groups excluding carboxylic acids is 1. The summed E-state index contributed by atoms with van der Waals surface area (Å²) in [6.07, 6.45) is 6.14. The molecule has 0 aliphatic carbocycles. The van der Waals surface area contributed by atoms with Crippen molar-refractivity contribution in [1.29, 1.82) is 0 Å². The molecule has 0 saturated carbocycles. The van der Waals surface area contributed by atoms with E-state index in [2.05, 4.69) is 22.1 Å². The van der Waals surface area contributed by atoms with E-state index < -0.39 is 0 Å². The number of hydrogen-bond acceptors (Lipinski definition) is 2. The van der Waals surface area contributed by atoms with E-state index in [0.717, 1.165) is 19.5 Å². The number of aromatic nitrogens is 1. The summed E-state index contributed by atoms with van der Waals surface area (Å²) < 4.78 is 2.07. The molecule has 1 aromatic rings. The van der Waals surface area contributed by atoms with Crippen LogP contribution in [0.5, 0.6) is 0 Å². The molecule has 0 spiro atoms. The molecule has 0 aromatic carbocycles. The predicted octanol–water partition coefficient (Wildman–Crippen LogP) is 0.992. The third-order valence-electron chi connectivity index (χ3n) is 3.32. The van der Waals surface area contributed by atoms with Crippen LogP contribution in [0.3, 0.4) is 0 Å². The third kappa shape index (κ3) is 3.60. The van der Waals surface area contributed by atoms with Gasteiger partial charge in [-0.15, -0.1) is 0 Å². The van der Waals surface area contributed by atoms with Gasteiger partial charge in [-0.2, -0.15) is 0 Å². The second-order valence-corrected chi connectivity index (χ2v) is 4.85. The minimum absolute atomic E-state index is 0.00316. The lowest BCUT2D eigenvalue weighted by Gasteiger charge is -2.27. The maximum absolute atomic E-state index is 11.9. The molecule has 2 unspecified atom stereocenters. The molecule has 1 aliphatic heterocycles. The van der Waals surface area contributed by atoms with Gasteiger partial charge in [0.15, 0.2) is 0 Å². The van der Waals surface area contributed by atoms with Crippen molar-refractivity contribution in [2.45, 2.75) is 32.4 Å². The zero-order valence-corrected chi connectivity index (χ0v) is 10.4. The number of nitrogens with one attached hydrogen (secondary N) is 2. The molecule has 17 heavy (non-hydrogen) atoms. The average molecular weight is 235 g/mol. The first-order chi connectivity index (χ1) is 8.25. The van der Waals surface area contributed by atoms with E-state index in [9.17, 15) is 4.79 Å². The van der Waals surface area contributed by atoms with Gasteiger partial charge in [-0.1, -0.05) is 6.92 Å². The molecule has 1 fully saturated rings. The second kappa shape index (κ2) is 5.87. The average Bonchev–Trinajstić information content (AvgIpc) is 2.82. The minimum atomic E-state index is 0.00316. The van der Waals surface area contributed by atoms with Crippen LogP contribution in [0.2, 0.25) is 0 Å². The van der Waals surface area contributed by atoms with Gasteiger partial charge in [0.25, 0.3) is 0 Å². The van der Waals surface area contributed by atoms with Crippen molar-refractivity contribution in [3.63, 3.8) is 0 Å². The predicted molar refractivity (Wildman–Crippen MR) is 67.6 cm³/mol. The molecule has 2 rings (SSSR count). The highest BCUT2D eigenvalue weighted by Gasteiger charge is 2.23. The number of amides is 1. The fourth-order valence-corrected chi connectivity index (χ4v) is 2.26. The molecule has 0 bridgehead atoms. The van der Waals surface area contributed by atoms with Gasteiger partial charge in [0.05, 0.1) is 6.04 Å². The largest absolute Gasteiger partial charge is 0.353 e. The number of piperidine rings is 1. The summed E-state index contributed by atoms with van der Waals surface area (Å²) in [6.45, 7) is 4.69. The molecule has 1 aliphatic rings. The Balaban J connectivity index is 1.70. The summed E-state index contributed by atoms with van der Waals surface area (Å²) in [5.41, 5.74) is 0. The summed E-state index contributed by atoms with van der Waals surface area (Å²) in [4.78, 5) is 11.9. The Morgan fingerprint density at radius 3 is 2.94 bits per heavy atom. The SMILES string of the molecule is CC1CCNC(C(=O)NCCn2cccc2)C1. The van der Waals surface area contributed by atoms with E-state index in [4.69, 9.17) is 0 Å². The van der Waals surface area contributed by atoms with Gasteiger partial charge in [-0.3, -0.25) is 4.79 Å². The Kier molecular flexibility index (Phi) is 4.20. The molecule has 2 heterocycles. The van der Waals surface area contributed by atoms with Crippen LogP contribution in [-0.4, -0.2) is 29.6 Å². The Morgan fingerprint density at radius 2 is 2.24 bits per heavy atom. The van der Waals surface area contributed by atoms with Crippen LogP contribution in [-0.2, 0) is 11.3 Å². The molecular weight excluding hydrogens is 214 g/mol. The monoisotopic (exact) mass is 235 g/mol. The molecule has 0 radical (unpaired) electrons. The van der Waals surface area contributed by atoms with E-state index in [1.165, 1.54) is 6.42 Å². The smallest absolute Gasteiger partial charge is 0.237 e. The summed E-state index contributed by atoms with van der Waals surface area (Å²) in [7, 11) is 0. The highest BCUT2D eigenvalue weighted by molar-refractivity contribution is 5.81. The van der Waals surface area contributed by atoms with Crippen molar-refractivity contribution in [1.82, 2.24) is 15.2 Å². The molecule has 2 atom stereocenters. The lowest BCUT2D eigenvalue weighted by atomic mass is 9.94. The topological polar surface area (TPSA) is 46.1 Å². The van der Waals surface area contributed by atoms with Gasteiger partial charge in [-0.05, 0) is 37.4 Å². The van der Waals surface area contributed by atoms with Crippen LogP contribution in [0.4, 0.5) is 0 Å². The lowest BCUT2D eigenvalue weighted by Crippen LogP contribution is -2.48. The first kappa shape index (κ1) is 12.2. The van der Waals surface area contributed by atoms with E-state index >= 15 is 0 Å². The van der Waals surface area contributed by atoms with Crippen molar-refractivity contribution < 1.29 is 4.79 Å². The zero-order chi connectivity index (χ0) is 12.1. The number of nitrogens with zero attached hydrogens (tertiary/aromatic N) is 1. The number of hydrogen-bond donors (Lipinski definition) is 2. The van der Waals surface area contributed by atoms with Gasteiger partial charge < -0.3 is 15.2 Å². The van der Waals surface area contributed by atoms with E-state index in [1.807, 2.05) is 24.5 Å². The molecule has 1 saturated heterocycles. The first-order valence-corrected chi connectivity index (χ1v) is 6.37. The molecule has 4 heteroatoms. The fourth-order valence-electron chi connectivity index (χ4n) is 2.26. The Labute approximate surface area is 102 Å². The van der Waals surface area contributed by atoms with Gasteiger partial charge in [0, 0.05) is 25.5 Å². The number of carbonyl (C=O) groups is 1. The summed E-state index contributed by atoms with van der Waals surface area (Å²) in [5, 5.41) is 6.26. The molecule has 1 amide bonds. The van der Waals surface area contributed by atoms with Crippen LogP contribution < -0.4 is 10.6 Å². The van der Waals surface area contributed by atoms with Crippen LogP contribution >= 0.6 is 0 Å². The van der Waals surface area contributed by atoms with Crippen LogP contribution in [0.1, 0.15) is 19.8 Å². The Morgan fingerprint density at radius 1 is 1.47 bits per heavy atom. The maximum atomic E-state index is 11.9. The van der Waals surface area contributed by atoms with Crippen molar-refractivity contribution in [2.75, 3.05) is 13.1 Å².